The van der Waals surface area contributed by atoms with E-state index in [4.69, 9.17) is 5.11 Å². The molecule has 1 heterocycles. The normalized spacial score (nSPS) is 17.3. The zero-order valence-corrected chi connectivity index (χ0v) is 15.6. The molecule has 142 valence electrons. The average molecular weight is 366 g/mol. The lowest BCUT2D eigenvalue weighted by atomic mass is 10.0. The Bertz CT molecular complexity index is 779. The van der Waals surface area contributed by atoms with Gasteiger partial charge in [0.2, 0.25) is 0 Å². The molecule has 1 aliphatic heterocycles. The second-order valence-corrected chi connectivity index (χ2v) is 7.02. The summed E-state index contributed by atoms with van der Waals surface area (Å²) in [6, 6.07) is 15.7. The number of aliphatic hydroxyl groups is 1. The smallest absolute Gasteiger partial charge is 0.127 e. The third-order valence-electron chi connectivity index (χ3n) is 4.88. The average Bonchev–Trinajstić information content (AvgIpc) is 2.70. The van der Waals surface area contributed by atoms with Gasteiger partial charge in [-0.3, -0.25) is 4.90 Å². The van der Waals surface area contributed by atoms with Gasteiger partial charge in [-0.1, -0.05) is 42.2 Å². The van der Waals surface area contributed by atoms with Gasteiger partial charge in [-0.2, -0.15) is 0 Å². The van der Waals surface area contributed by atoms with Crippen LogP contribution in [0.15, 0.2) is 48.5 Å². The molecule has 0 amide bonds. The summed E-state index contributed by atoms with van der Waals surface area (Å²) in [6.45, 7) is 3.56. The maximum Gasteiger partial charge on any atom is 0.127 e. The minimum absolute atomic E-state index is 0.102. The summed E-state index contributed by atoms with van der Waals surface area (Å²) in [5.41, 5.74) is 2.98. The third kappa shape index (κ3) is 6.18. The zero-order chi connectivity index (χ0) is 18.9. The number of halogens is 1. The fourth-order valence-corrected chi connectivity index (χ4v) is 3.42. The number of hydrogen-bond donors (Lipinski definition) is 2. The van der Waals surface area contributed by atoms with Crippen molar-refractivity contribution in [1.82, 2.24) is 10.2 Å². The molecule has 0 radical (unpaired) electrons. The molecule has 4 heteroatoms. The van der Waals surface area contributed by atoms with Gasteiger partial charge in [-0.05, 0) is 43.1 Å². The van der Waals surface area contributed by atoms with Crippen molar-refractivity contribution >= 4 is 0 Å². The van der Waals surface area contributed by atoms with Gasteiger partial charge in [-0.15, -0.1) is 0 Å². The number of benzene rings is 2. The van der Waals surface area contributed by atoms with Crippen LogP contribution in [0.25, 0.3) is 0 Å². The monoisotopic (exact) mass is 366 g/mol. The van der Waals surface area contributed by atoms with E-state index in [9.17, 15) is 4.39 Å². The first-order valence-electron chi connectivity index (χ1n) is 9.62. The predicted molar refractivity (Wildman–Crippen MR) is 107 cm³/mol. The first-order valence-corrected chi connectivity index (χ1v) is 9.62. The lowest BCUT2D eigenvalue weighted by molar-refractivity contribution is 0.181. The molecule has 0 aromatic heterocycles. The Hall–Kier alpha value is -2.19. The van der Waals surface area contributed by atoms with Crippen molar-refractivity contribution < 1.29 is 9.50 Å². The van der Waals surface area contributed by atoms with Crippen molar-refractivity contribution in [2.45, 2.75) is 38.4 Å². The maximum absolute atomic E-state index is 13.9. The number of piperidine rings is 1. The summed E-state index contributed by atoms with van der Waals surface area (Å²) >= 11 is 0. The highest BCUT2D eigenvalue weighted by atomic mass is 19.1. The lowest BCUT2D eigenvalue weighted by Crippen LogP contribution is -2.45. The largest absolute Gasteiger partial charge is 0.395 e. The minimum Gasteiger partial charge on any atom is -0.395 e. The summed E-state index contributed by atoms with van der Waals surface area (Å²) in [4.78, 5) is 2.33. The third-order valence-corrected chi connectivity index (χ3v) is 4.88. The standard InChI is InChI=1S/C23H27FN2O/c24-23-9-2-1-7-21(23)17-26-14-5-8-22(18-26)25-16-20-12-10-19(11-13-20)6-3-4-15-27/h1-2,7,9-13,22,25,27H,4-5,8,14-18H2. The molecule has 1 fully saturated rings. The Morgan fingerprint density at radius 3 is 2.74 bits per heavy atom. The van der Waals surface area contributed by atoms with Crippen LogP contribution in [0.4, 0.5) is 4.39 Å². The number of aliphatic hydroxyl groups excluding tert-OH is 1. The van der Waals surface area contributed by atoms with Crippen LogP contribution < -0.4 is 5.32 Å². The predicted octanol–water partition coefficient (Wildman–Crippen LogP) is 3.31. The highest BCUT2D eigenvalue weighted by Gasteiger charge is 2.20. The van der Waals surface area contributed by atoms with Gasteiger partial charge < -0.3 is 10.4 Å². The van der Waals surface area contributed by atoms with Crippen molar-refractivity contribution in [2.75, 3.05) is 19.7 Å². The van der Waals surface area contributed by atoms with Crippen LogP contribution in [0.3, 0.4) is 0 Å². The summed E-state index contributed by atoms with van der Waals surface area (Å²) in [5, 5.41) is 12.4. The van der Waals surface area contributed by atoms with Crippen molar-refractivity contribution in [2.24, 2.45) is 0 Å². The number of rotatable bonds is 6. The molecule has 1 aliphatic rings. The Labute approximate surface area is 161 Å². The maximum atomic E-state index is 13.9. The molecule has 1 unspecified atom stereocenters. The molecular weight excluding hydrogens is 339 g/mol. The molecule has 27 heavy (non-hydrogen) atoms. The summed E-state index contributed by atoms with van der Waals surface area (Å²) in [6.07, 6.45) is 2.79. The molecule has 2 N–H and O–H groups in total. The first-order chi connectivity index (χ1) is 13.2. The van der Waals surface area contributed by atoms with Crippen molar-refractivity contribution in [3.63, 3.8) is 0 Å². The highest BCUT2D eigenvalue weighted by Crippen LogP contribution is 2.16. The molecule has 0 saturated carbocycles. The van der Waals surface area contributed by atoms with Gasteiger partial charge >= 0.3 is 0 Å². The second kappa shape index (κ2) is 10.2. The Kier molecular flexibility index (Phi) is 7.41. The van der Waals surface area contributed by atoms with Crippen LogP contribution >= 0.6 is 0 Å². The number of nitrogens with zero attached hydrogens (tertiary/aromatic N) is 1. The molecule has 3 rings (SSSR count). The van der Waals surface area contributed by atoms with Crippen LogP contribution in [-0.2, 0) is 13.1 Å². The lowest BCUT2D eigenvalue weighted by Gasteiger charge is -2.33. The van der Waals surface area contributed by atoms with Crippen molar-refractivity contribution in [3.05, 3.63) is 71.0 Å². The van der Waals surface area contributed by atoms with Crippen LogP contribution in [0.5, 0.6) is 0 Å². The number of likely N-dealkylation sites (tertiary alicyclic amines) is 1. The SMILES string of the molecule is OCCC#Cc1ccc(CNC2CCCN(Cc3ccccc3F)C2)cc1. The fraction of sp³-hybridized carbons (Fsp3) is 0.391. The summed E-state index contributed by atoms with van der Waals surface area (Å²) in [7, 11) is 0. The van der Waals surface area contributed by atoms with E-state index in [0.29, 0.717) is 19.0 Å². The van der Waals surface area contributed by atoms with Gasteiger partial charge in [0.25, 0.3) is 0 Å². The van der Waals surface area contributed by atoms with E-state index in [0.717, 1.165) is 43.6 Å². The number of hydrogen-bond acceptors (Lipinski definition) is 3. The Morgan fingerprint density at radius 2 is 1.96 bits per heavy atom. The van der Waals surface area contributed by atoms with Crippen molar-refractivity contribution in [1.29, 1.82) is 0 Å². The second-order valence-electron chi connectivity index (χ2n) is 7.02. The van der Waals surface area contributed by atoms with Gasteiger partial charge in [0.05, 0.1) is 6.61 Å². The molecule has 0 aliphatic carbocycles. The Balaban J connectivity index is 1.48. The zero-order valence-electron chi connectivity index (χ0n) is 15.6. The van der Waals surface area contributed by atoms with E-state index in [1.807, 2.05) is 24.3 Å². The molecule has 1 atom stereocenters. The number of nitrogens with one attached hydrogen (secondary N) is 1. The summed E-state index contributed by atoms with van der Waals surface area (Å²) in [5.74, 6) is 5.86. The molecule has 2 aromatic rings. The van der Waals surface area contributed by atoms with Crippen LogP contribution in [-0.4, -0.2) is 35.7 Å². The van der Waals surface area contributed by atoms with E-state index in [2.05, 4.69) is 34.2 Å². The molecular formula is C23H27FN2O. The van der Waals surface area contributed by atoms with Gasteiger partial charge in [0.1, 0.15) is 5.82 Å². The van der Waals surface area contributed by atoms with E-state index in [1.165, 1.54) is 11.6 Å². The minimum atomic E-state index is -0.116. The molecule has 0 spiro atoms. The van der Waals surface area contributed by atoms with Gasteiger partial charge in [-0.25, -0.2) is 4.39 Å². The van der Waals surface area contributed by atoms with Crippen LogP contribution in [0.1, 0.15) is 36.0 Å². The molecule has 3 nitrogen and oxygen atoms in total. The fourth-order valence-electron chi connectivity index (χ4n) is 3.42. The Morgan fingerprint density at radius 1 is 1.15 bits per heavy atom. The topological polar surface area (TPSA) is 35.5 Å². The van der Waals surface area contributed by atoms with E-state index < -0.39 is 0 Å². The quantitative estimate of drug-likeness (QED) is 0.770. The van der Waals surface area contributed by atoms with Crippen LogP contribution in [0.2, 0.25) is 0 Å². The molecule has 1 saturated heterocycles. The molecule has 2 aromatic carbocycles. The first kappa shape index (κ1) is 19.6. The van der Waals surface area contributed by atoms with E-state index in [-0.39, 0.29) is 12.4 Å². The van der Waals surface area contributed by atoms with E-state index in [1.54, 1.807) is 6.07 Å². The van der Waals surface area contributed by atoms with Crippen LogP contribution in [0, 0.1) is 17.7 Å². The highest BCUT2D eigenvalue weighted by molar-refractivity contribution is 5.36. The molecule has 0 bridgehead atoms. The van der Waals surface area contributed by atoms with Gasteiger partial charge in [0.15, 0.2) is 0 Å². The summed E-state index contributed by atoms with van der Waals surface area (Å²) < 4.78 is 13.9. The van der Waals surface area contributed by atoms with Gasteiger partial charge in [0, 0.05) is 43.2 Å². The van der Waals surface area contributed by atoms with Crippen molar-refractivity contribution in [3.8, 4) is 11.8 Å². The van der Waals surface area contributed by atoms with E-state index >= 15 is 0 Å².